The van der Waals surface area contributed by atoms with Crippen LogP contribution in [0.3, 0.4) is 0 Å². The Morgan fingerprint density at radius 1 is 1.35 bits per heavy atom. The zero-order chi connectivity index (χ0) is 11.7. The smallest absolute Gasteiger partial charge is 0.135 e. The van der Waals surface area contributed by atoms with Gasteiger partial charge in [-0.25, -0.2) is 9.97 Å². The molecule has 0 aliphatic carbocycles. The molecular formula is C12H19N5. The summed E-state index contributed by atoms with van der Waals surface area (Å²) in [7, 11) is 0. The van der Waals surface area contributed by atoms with Gasteiger partial charge in [0.1, 0.15) is 18.0 Å². The summed E-state index contributed by atoms with van der Waals surface area (Å²) in [5.41, 5.74) is 1.24. The lowest BCUT2D eigenvalue weighted by Crippen LogP contribution is -2.43. The van der Waals surface area contributed by atoms with Crippen molar-refractivity contribution in [3.63, 3.8) is 0 Å². The van der Waals surface area contributed by atoms with Gasteiger partial charge in [0.25, 0.3) is 0 Å². The molecule has 0 unspecified atom stereocenters. The molecule has 1 aromatic rings. The van der Waals surface area contributed by atoms with Crippen LogP contribution in [-0.2, 0) is 6.42 Å². The molecule has 2 aliphatic rings. The van der Waals surface area contributed by atoms with Gasteiger partial charge in [-0.1, -0.05) is 0 Å². The van der Waals surface area contributed by atoms with Gasteiger partial charge in [0.2, 0.25) is 0 Å². The Balaban J connectivity index is 1.71. The van der Waals surface area contributed by atoms with E-state index in [-0.39, 0.29) is 0 Å². The van der Waals surface area contributed by atoms with Crippen molar-refractivity contribution in [3.05, 3.63) is 11.9 Å². The van der Waals surface area contributed by atoms with Crippen molar-refractivity contribution in [2.75, 3.05) is 23.7 Å². The molecule has 0 saturated carbocycles. The van der Waals surface area contributed by atoms with Gasteiger partial charge < -0.3 is 16.0 Å². The summed E-state index contributed by atoms with van der Waals surface area (Å²) in [6.45, 7) is 4.23. The minimum absolute atomic E-state index is 0.491. The maximum Gasteiger partial charge on any atom is 0.135 e. The number of nitrogens with one attached hydrogen (secondary N) is 3. The number of aromatic nitrogens is 2. The zero-order valence-electron chi connectivity index (χ0n) is 10.2. The summed E-state index contributed by atoms with van der Waals surface area (Å²) in [5, 5.41) is 10.3. The van der Waals surface area contributed by atoms with E-state index in [9.17, 15) is 0 Å². The SMILES string of the molecule is C[C@H]1CC[C@@H](Nc2ncnc3c2CCN3)CN1. The van der Waals surface area contributed by atoms with Crippen molar-refractivity contribution in [3.8, 4) is 0 Å². The van der Waals surface area contributed by atoms with Crippen LogP contribution < -0.4 is 16.0 Å². The number of piperidine rings is 1. The molecule has 0 amide bonds. The Morgan fingerprint density at radius 2 is 2.29 bits per heavy atom. The highest BCUT2D eigenvalue weighted by Crippen LogP contribution is 2.26. The first kappa shape index (κ1) is 10.8. The van der Waals surface area contributed by atoms with Crippen LogP contribution in [0.15, 0.2) is 6.33 Å². The van der Waals surface area contributed by atoms with E-state index in [4.69, 9.17) is 0 Å². The number of fused-ring (bicyclic) bond motifs is 1. The lowest BCUT2D eigenvalue weighted by molar-refractivity contribution is 0.398. The van der Waals surface area contributed by atoms with E-state index in [1.165, 1.54) is 18.4 Å². The summed E-state index contributed by atoms with van der Waals surface area (Å²) in [5.74, 6) is 2.01. The van der Waals surface area contributed by atoms with Crippen LogP contribution in [0.25, 0.3) is 0 Å². The summed E-state index contributed by atoms with van der Waals surface area (Å²) in [6, 6.07) is 1.14. The van der Waals surface area contributed by atoms with Crippen molar-refractivity contribution >= 4 is 11.6 Å². The van der Waals surface area contributed by atoms with Gasteiger partial charge in [0.05, 0.1) is 0 Å². The molecule has 17 heavy (non-hydrogen) atoms. The first-order chi connectivity index (χ1) is 8.33. The van der Waals surface area contributed by atoms with Gasteiger partial charge in [-0.2, -0.15) is 0 Å². The molecule has 2 atom stereocenters. The van der Waals surface area contributed by atoms with Crippen molar-refractivity contribution < 1.29 is 0 Å². The topological polar surface area (TPSA) is 61.9 Å². The largest absolute Gasteiger partial charge is 0.369 e. The van der Waals surface area contributed by atoms with E-state index in [1.54, 1.807) is 6.33 Å². The van der Waals surface area contributed by atoms with Crippen LogP contribution in [0.4, 0.5) is 11.6 Å². The molecule has 3 rings (SSSR count). The minimum Gasteiger partial charge on any atom is -0.369 e. The Kier molecular flexibility index (Phi) is 2.84. The van der Waals surface area contributed by atoms with Crippen LogP contribution >= 0.6 is 0 Å². The van der Waals surface area contributed by atoms with Crippen LogP contribution in [0.1, 0.15) is 25.3 Å². The average Bonchev–Trinajstić information content (AvgIpc) is 2.81. The number of anilines is 2. The summed E-state index contributed by atoms with van der Waals surface area (Å²) >= 11 is 0. The molecule has 0 spiro atoms. The standard InChI is InChI=1S/C12H19N5/c1-8-2-3-9(6-14-8)17-12-10-4-5-13-11(10)15-7-16-12/h7-9,14H,2-6H2,1H3,(H2,13,15,16,17)/t8-,9+/m0/s1. The molecule has 5 nitrogen and oxygen atoms in total. The summed E-state index contributed by atoms with van der Waals surface area (Å²) in [6.07, 6.45) is 5.09. The number of nitrogens with zero attached hydrogens (tertiary/aromatic N) is 2. The van der Waals surface area contributed by atoms with Crippen LogP contribution in [0.2, 0.25) is 0 Å². The van der Waals surface area contributed by atoms with Crippen LogP contribution in [0.5, 0.6) is 0 Å². The third-order valence-corrected chi connectivity index (χ3v) is 3.61. The Hall–Kier alpha value is -1.36. The summed E-state index contributed by atoms with van der Waals surface area (Å²) < 4.78 is 0. The zero-order valence-corrected chi connectivity index (χ0v) is 10.2. The molecule has 1 aromatic heterocycles. The highest BCUT2D eigenvalue weighted by molar-refractivity contribution is 5.60. The third-order valence-electron chi connectivity index (χ3n) is 3.61. The van der Waals surface area contributed by atoms with Gasteiger partial charge in [-0.3, -0.25) is 0 Å². The molecule has 3 heterocycles. The van der Waals surface area contributed by atoms with Gasteiger partial charge in [0.15, 0.2) is 0 Å². The maximum atomic E-state index is 4.37. The second-order valence-electron chi connectivity index (χ2n) is 4.95. The monoisotopic (exact) mass is 233 g/mol. The quantitative estimate of drug-likeness (QED) is 0.711. The first-order valence-corrected chi connectivity index (χ1v) is 6.40. The fourth-order valence-corrected chi connectivity index (χ4v) is 2.55. The van der Waals surface area contributed by atoms with Crippen molar-refractivity contribution in [1.29, 1.82) is 0 Å². The number of hydrogen-bond acceptors (Lipinski definition) is 5. The number of hydrogen-bond donors (Lipinski definition) is 3. The van der Waals surface area contributed by atoms with E-state index in [0.29, 0.717) is 12.1 Å². The summed E-state index contributed by atoms with van der Waals surface area (Å²) in [4.78, 5) is 8.62. The predicted molar refractivity (Wildman–Crippen MR) is 68.3 cm³/mol. The lowest BCUT2D eigenvalue weighted by atomic mass is 10.0. The predicted octanol–water partition coefficient (Wildman–Crippen LogP) is 0.997. The van der Waals surface area contributed by atoms with Gasteiger partial charge in [-0.05, 0) is 26.2 Å². The molecule has 1 saturated heterocycles. The maximum absolute atomic E-state index is 4.37. The van der Waals surface area contributed by atoms with Gasteiger partial charge >= 0.3 is 0 Å². The molecule has 92 valence electrons. The molecule has 0 bridgehead atoms. The highest BCUT2D eigenvalue weighted by Gasteiger charge is 2.21. The molecule has 5 heteroatoms. The molecular weight excluding hydrogens is 214 g/mol. The van der Waals surface area contributed by atoms with Gasteiger partial charge in [0, 0.05) is 30.7 Å². The molecule has 1 fully saturated rings. The highest BCUT2D eigenvalue weighted by atomic mass is 15.1. The normalized spacial score (nSPS) is 27.4. The third kappa shape index (κ3) is 2.20. The first-order valence-electron chi connectivity index (χ1n) is 6.40. The fourth-order valence-electron chi connectivity index (χ4n) is 2.55. The van der Waals surface area contributed by atoms with Crippen LogP contribution in [0, 0.1) is 0 Å². The Morgan fingerprint density at radius 3 is 3.12 bits per heavy atom. The van der Waals surface area contributed by atoms with Crippen molar-refractivity contribution in [2.24, 2.45) is 0 Å². The van der Waals surface area contributed by atoms with Gasteiger partial charge in [-0.15, -0.1) is 0 Å². The minimum atomic E-state index is 0.491. The number of rotatable bonds is 2. The Labute approximate surface area is 101 Å². The van der Waals surface area contributed by atoms with Crippen LogP contribution in [-0.4, -0.2) is 35.1 Å². The molecule has 2 aliphatic heterocycles. The second-order valence-corrected chi connectivity index (χ2v) is 4.95. The van der Waals surface area contributed by atoms with E-state index < -0.39 is 0 Å². The van der Waals surface area contributed by atoms with E-state index in [2.05, 4.69) is 32.8 Å². The van der Waals surface area contributed by atoms with Crippen molar-refractivity contribution in [1.82, 2.24) is 15.3 Å². The fraction of sp³-hybridized carbons (Fsp3) is 0.667. The van der Waals surface area contributed by atoms with Crippen molar-refractivity contribution in [2.45, 2.75) is 38.3 Å². The molecule has 0 aromatic carbocycles. The Bertz CT molecular complexity index is 398. The van der Waals surface area contributed by atoms with E-state index >= 15 is 0 Å². The average molecular weight is 233 g/mol. The van der Waals surface area contributed by atoms with E-state index in [0.717, 1.165) is 31.1 Å². The second kappa shape index (κ2) is 4.49. The molecule has 3 N–H and O–H groups in total. The lowest BCUT2D eigenvalue weighted by Gasteiger charge is -2.29. The van der Waals surface area contributed by atoms with E-state index in [1.807, 2.05) is 0 Å². The molecule has 0 radical (unpaired) electrons.